The molecule has 0 aliphatic rings. The van der Waals surface area contributed by atoms with Crippen LogP contribution in [-0.4, -0.2) is 37.9 Å². The van der Waals surface area contributed by atoms with Gasteiger partial charge in [0.2, 0.25) is 0 Å². The Labute approximate surface area is 118 Å². The van der Waals surface area contributed by atoms with E-state index in [1.54, 1.807) is 18.2 Å². The molecule has 0 fully saturated rings. The third kappa shape index (κ3) is 3.41. The zero-order chi connectivity index (χ0) is 14.7. The molecule has 0 bridgehead atoms. The number of imidazole rings is 1. The number of nitrogens with zero attached hydrogens (tertiary/aromatic N) is 1. The third-order valence-corrected chi connectivity index (χ3v) is 3.71. The van der Waals surface area contributed by atoms with Gasteiger partial charge in [0.05, 0.1) is 23.4 Å². The highest BCUT2D eigenvalue weighted by Crippen LogP contribution is 2.23. The van der Waals surface area contributed by atoms with Gasteiger partial charge in [-0.2, -0.15) is 0 Å². The molecule has 1 aromatic heterocycles. The lowest BCUT2D eigenvalue weighted by Gasteiger charge is -2.07. The number of H-pyrrole nitrogens is 1. The number of fused-ring (bicyclic) bond motifs is 1. The molecule has 1 unspecified atom stereocenters. The van der Waals surface area contributed by atoms with Crippen LogP contribution >= 0.6 is 11.8 Å². The van der Waals surface area contributed by atoms with E-state index in [4.69, 9.17) is 15.9 Å². The van der Waals surface area contributed by atoms with Gasteiger partial charge >= 0.3 is 11.9 Å². The van der Waals surface area contributed by atoms with Gasteiger partial charge in [0.1, 0.15) is 0 Å². The van der Waals surface area contributed by atoms with Crippen LogP contribution in [-0.2, 0) is 9.59 Å². The number of hydrogen-bond donors (Lipinski definition) is 4. The van der Waals surface area contributed by atoms with Crippen molar-refractivity contribution < 1.29 is 19.8 Å². The minimum Gasteiger partial charge on any atom is -0.481 e. The number of nitrogen functional groups attached to an aromatic ring is 1. The molecule has 7 nitrogen and oxygen atoms in total. The topological polar surface area (TPSA) is 129 Å². The van der Waals surface area contributed by atoms with Gasteiger partial charge in [0, 0.05) is 11.4 Å². The first-order valence-corrected chi connectivity index (χ1v) is 6.77. The number of anilines is 1. The Morgan fingerprint density at radius 1 is 1.40 bits per heavy atom. The highest BCUT2D eigenvalue weighted by atomic mass is 32.2. The Morgan fingerprint density at radius 3 is 2.80 bits per heavy atom. The fraction of sp³-hybridized carbons (Fsp3) is 0.250. The molecule has 1 aromatic carbocycles. The second-order valence-electron chi connectivity index (χ2n) is 4.26. The van der Waals surface area contributed by atoms with Crippen LogP contribution in [0.25, 0.3) is 11.0 Å². The Balaban J connectivity index is 2.07. The van der Waals surface area contributed by atoms with Gasteiger partial charge in [0.15, 0.2) is 5.16 Å². The molecule has 1 heterocycles. The maximum absolute atomic E-state index is 10.9. The molecule has 0 spiro atoms. The molecule has 0 amide bonds. The standard InChI is InChI=1S/C12H13N3O4S/c13-7-1-2-8-9(4-7)15-12(14-8)20-5-6(11(18)19)3-10(16)17/h1-2,4,6H,3,5,13H2,(H,14,15)(H,16,17)(H,18,19). The van der Waals surface area contributed by atoms with E-state index in [1.807, 2.05) is 0 Å². The number of aromatic nitrogens is 2. The van der Waals surface area contributed by atoms with E-state index in [1.165, 1.54) is 11.8 Å². The molecule has 0 aliphatic heterocycles. The molecule has 2 aromatic rings. The number of thioether (sulfide) groups is 1. The van der Waals surface area contributed by atoms with E-state index >= 15 is 0 Å². The highest BCUT2D eigenvalue weighted by molar-refractivity contribution is 7.99. The Bertz CT molecular complexity index is 655. The number of nitrogens with two attached hydrogens (primary N) is 1. The van der Waals surface area contributed by atoms with Crippen molar-refractivity contribution in [1.29, 1.82) is 0 Å². The monoisotopic (exact) mass is 295 g/mol. The van der Waals surface area contributed by atoms with Crippen molar-refractivity contribution in [3.63, 3.8) is 0 Å². The molecule has 0 radical (unpaired) electrons. The quantitative estimate of drug-likeness (QED) is 0.468. The van der Waals surface area contributed by atoms with Crippen molar-refractivity contribution in [2.75, 3.05) is 11.5 Å². The zero-order valence-electron chi connectivity index (χ0n) is 10.4. The average Bonchev–Trinajstić information content (AvgIpc) is 2.75. The van der Waals surface area contributed by atoms with E-state index in [0.29, 0.717) is 10.8 Å². The fourth-order valence-electron chi connectivity index (χ4n) is 1.68. The van der Waals surface area contributed by atoms with Crippen LogP contribution in [0.3, 0.4) is 0 Å². The maximum Gasteiger partial charge on any atom is 0.307 e. The third-order valence-electron chi connectivity index (χ3n) is 2.68. The lowest BCUT2D eigenvalue weighted by atomic mass is 10.1. The number of aromatic amines is 1. The number of benzene rings is 1. The maximum atomic E-state index is 10.9. The summed E-state index contributed by atoms with van der Waals surface area (Å²) in [5, 5.41) is 18.2. The Hall–Kier alpha value is -2.22. The predicted octanol–water partition coefficient (Wildman–Crippen LogP) is 1.41. The molecule has 20 heavy (non-hydrogen) atoms. The van der Waals surface area contributed by atoms with Gasteiger partial charge in [-0.1, -0.05) is 11.8 Å². The molecule has 0 aliphatic carbocycles. The van der Waals surface area contributed by atoms with Crippen molar-refractivity contribution >= 4 is 40.4 Å². The normalized spacial score (nSPS) is 12.4. The van der Waals surface area contributed by atoms with Crippen molar-refractivity contribution in [2.45, 2.75) is 11.6 Å². The molecule has 0 saturated heterocycles. The summed E-state index contributed by atoms with van der Waals surface area (Å²) in [6, 6.07) is 5.22. The van der Waals surface area contributed by atoms with Crippen LogP contribution in [0, 0.1) is 5.92 Å². The van der Waals surface area contributed by atoms with E-state index < -0.39 is 24.3 Å². The van der Waals surface area contributed by atoms with Gasteiger partial charge in [-0.05, 0) is 18.2 Å². The largest absolute Gasteiger partial charge is 0.481 e. The van der Waals surface area contributed by atoms with Crippen LogP contribution in [0.15, 0.2) is 23.4 Å². The summed E-state index contributed by atoms with van der Waals surface area (Å²) in [5.41, 5.74) is 7.75. The number of hydrogen-bond acceptors (Lipinski definition) is 5. The number of aliphatic carboxylic acids is 2. The smallest absolute Gasteiger partial charge is 0.307 e. The average molecular weight is 295 g/mol. The molecule has 2 rings (SSSR count). The lowest BCUT2D eigenvalue weighted by Crippen LogP contribution is -2.20. The number of nitrogens with one attached hydrogen (secondary N) is 1. The molecule has 106 valence electrons. The Kier molecular flexibility index (Phi) is 4.14. The van der Waals surface area contributed by atoms with Crippen LogP contribution in [0.4, 0.5) is 5.69 Å². The predicted molar refractivity (Wildman–Crippen MR) is 74.6 cm³/mol. The fourth-order valence-corrected chi connectivity index (χ4v) is 2.64. The first-order chi connectivity index (χ1) is 9.45. The molecule has 5 N–H and O–H groups in total. The summed E-state index contributed by atoms with van der Waals surface area (Å²) >= 11 is 1.18. The molecule has 0 saturated carbocycles. The lowest BCUT2D eigenvalue weighted by molar-refractivity contribution is -0.147. The van der Waals surface area contributed by atoms with Gasteiger partial charge < -0.3 is 20.9 Å². The van der Waals surface area contributed by atoms with Crippen molar-refractivity contribution in [2.24, 2.45) is 5.92 Å². The van der Waals surface area contributed by atoms with Crippen molar-refractivity contribution in [3.05, 3.63) is 18.2 Å². The summed E-state index contributed by atoms with van der Waals surface area (Å²) in [4.78, 5) is 28.8. The first-order valence-electron chi connectivity index (χ1n) is 5.78. The van der Waals surface area contributed by atoms with Gasteiger partial charge in [0.25, 0.3) is 0 Å². The van der Waals surface area contributed by atoms with Crippen LogP contribution < -0.4 is 5.73 Å². The summed E-state index contributed by atoms with van der Waals surface area (Å²) < 4.78 is 0. The molecular weight excluding hydrogens is 282 g/mol. The summed E-state index contributed by atoms with van der Waals surface area (Å²) in [5.74, 6) is -3.07. The van der Waals surface area contributed by atoms with E-state index in [0.717, 1.165) is 11.0 Å². The number of carbonyl (C=O) groups is 2. The van der Waals surface area contributed by atoms with Gasteiger partial charge in [-0.3, -0.25) is 9.59 Å². The van der Waals surface area contributed by atoms with Crippen LogP contribution in [0.5, 0.6) is 0 Å². The van der Waals surface area contributed by atoms with Crippen LogP contribution in [0.2, 0.25) is 0 Å². The van der Waals surface area contributed by atoms with Crippen molar-refractivity contribution in [3.8, 4) is 0 Å². The first kappa shape index (κ1) is 14.2. The van der Waals surface area contributed by atoms with Crippen molar-refractivity contribution in [1.82, 2.24) is 9.97 Å². The molecular formula is C12H13N3O4S. The van der Waals surface area contributed by atoms with Gasteiger partial charge in [-0.15, -0.1) is 0 Å². The molecule has 8 heteroatoms. The zero-order valence-corrected chi connectivity index (χ0v) is 11.2. The van der Waals surface area contributed by atoms with E-state index in [-0.39, 0.29) is 5.75 Å². The number of carboxylic acids is 2. The second-order valence-corrected chi connectivity index (χ2v) is 5.27. The summed E-state index contributed by atoms with van der Waals surface area (Å²) in [7, 11) is 0. The number of carboxylic acid groups (broad SMARTS) is 2. The minimum atomic E-state index is -1.13. The summed E-state index contributed by atoms with van der Waals surface area (Å²) in [6.07, 6.45) is -0.407. The second kappa shape index (κ2) is 5.83. The van der Waals surface area contributed by atoms with Gasteiger partial charge in [-0.25, -0.2) is 4.98 Å². The molecule has 1 atom stereocenters. The number of rotatable bonds is 6. The van der Waals surface area contributed by atoms with Crippen LogP contribution in [0.1, 0.15) is 6.42 Å². The minimum absolute atomic E-state index is 0.136. The van der Waals surface area contributed by atoms with E-state index in [9.17, 15) is 9.59 Å². The Morgan fingerprint density at radius 2 is 2.15 bits per heavy atom. The SMILES string of the molecule is Nc1ccc2nc(SCC(CC(=O)O)C(=O)O)[nH]c2c1. The summed E-state index contributed by atoms with van der Waals surface area (Å²) in [6.45, 7) is 0. The van der Waals surface area contributed by atoms with E-state index in [2.05, 4.69) is 9.97 Å². The highest BCUT2D eigenvalue weighted by Gasteiger charge is 2.21.